The van der Waals surface area contributed by atoms with Gasteiger partial charge in [-0.2, -0.15) is 0 Å². The van der Waals surface area contributed by atoms with E-state index < -0.39 is 12.1 Å². The third-order valence-corrected chi connectivity index (χ3v) is 7.72. The number of likely N-dealkylation sites (tertiary alicyclic amines) is 1. The minimum Gasteiger partial charge on any atom is -0.370 e. The van der Waals surface area contributed by atoms with E-state index in [1.54, 1.807) is 4.90 Å². The van der Waals surface area contributed by atoms with Crippen LogP contribution in [-0.2, 0) is 20.8 Å². The second kappa shape index (κ2) is 17.9. The fourth-order valence-corrected chi connectivity index (χ4v) is 5.30. The van der Waals surface area contributed by atoms with E-state index in [4.69, 9.17) is 22.9 Å². The largest absolute Gasteiger partial charge is 0.370 e. The molecule has 1 saturated heterocycles. The van der Waals surface area contributed by atoms with Crippen molar-refractivity contribution in [2.24, 2.45) is 33.8 Å². The van der Waals surface area contributed by atoms with Crippen molar-refractivity contribution < 1.29 is 14.4 Å². The summed E-state index contributed by atoms with van der Waals surface area (Å²) in [7, 11) is 0. The van der Waals surface area contributed by atoms with Crippen molar-refractivity contribution in [3.05, 3.63) is 60.2 Å². The Kier molecular flexibility index (Phi) is 13.9. The Morgan fingerprint density at radius 1 is 0.837 bits per heavy atom. The average molecular weight is 593 g/mol. The summed E-state index contributed by atoms with van der Waals surface area (Å²) in [6.07, 6.45) is 4.66. The molecule has 2 aromatic rings. The number of guanidine groups is 1. The number of benzene rings is 2. The second-order valence-electron chi connectivity index (χ2n) is 11.2. The first kappa shape index (κ1) is 33.5. The summed E-state index contributed by atoms with van der Waals surface area (Å²) in [5.41, 5.74) is 25.3. The third-order valence-electron chi connectivity index (χ3n) is 7.72. The van der Waals surface area contributed by atoms with Gasteiger partial charge in [0.1, 0.15) is 12.1 Å². The van der Waals surface area contributed by atoms with Crippen LogP contribution in [-0.4, -0.2) is 73.4 Å². The molecule has 234 valence electrons. The minimum absolute atomic E-state index is 0.0311. The maximum Gasteiger partial charge on any atom is 0.245 e. The highest BCUT2D eigenvalue weighted by molar-refractivity contribution is 5.92. The number of carbonyl (C=O) groups is 3. The number of nitrogens with one attached hydrogen (secondary N) is 2. The maximum atomic E-state index is 13.5. The third kappa shape index (κ3) is 11.3. The number of nitrogens with zero attached hydrogens (tertiary/aromatic N) is 2. The first-order chi connectivity index (χ1) is 20.8. The average Bonchev–Trinajstić information content (AvgIpc) is 3.49. The molecular weight excluding hydrogens is 544 g/mol. The van der Waals surface area contributed by atoms with Crippen LogP contribution in [0.5, 0.6) is 0 Å². The Labute approximate surface area is 254 Å². The van der Waals surface area contributed by atoms with Gasteiger partial charge in [-0.15, -0.1) is 0 Å². The van der Waals surface area contributed by atoms with Gasteiger partial charge in [0.15, 0.2) is 5.96 Å². The van der Waals surface area contributed by atoms with Crippen LogP contribution in [0, 0.1) is 5.92 Å². The first-order valence-corrected chi connectivity index (χ1v) is 15.3. The van der Waals surface area contributed by atoms with Gasteiger partial charge in [0.2, 0.25) is 17.7 Å². The molecule has 1 aliphatic rings. The topological polar surface area (TPSA) is 195 Å². The Bertz CT molecular complexity index is 1180. The number of rotatable bonds is 17. The summed E-state index contributed by atoms with van der Waals surface area (Å²) >= 11 is 0. The van der Waals surface area contributed by atoms with E-state index >= 15 is 0 Å². The van der Waals surface area contributed by atoms with Crippen molar-refractivity contribution >= 4 is 23.7 Å². The van der Waals surface area contributed by atoms with E-state index in [9.17, 15) is 14.4 Å². The van der Waals surface area contributed by atoms with Crippen LogP contribution in [0.1, 0.15) is 50.5 Å². The molecule has 10 N–H and O–H groups in total. The van der Waals surface area contributed by atoms with Crippen LogP contribution in [0.15, 0.2) is 59.6 Å². The minimum atomic E-state index is -0.777. The highest BCUT2D eigenvalue weighted by Gasteiger charge is 2.33. The number of hydrogen-bond donors (Lipinski definition) is 6. The number of aliphatic imine (C=N–C) groups is 1. The fraction of sp³-hybridized carbons (Fsp3) is 0.500. The molecule has 1 aliphatic heterocycles. The Hall–Kier alpha value is -3.96. The molecular formula is C32H48N8O3. The van der Waals surface area contributed by atoms with Crippen LogP contribution in [0.2, 0.25) is 0 Å². The number of unbranched alkanes of at least 4 members (excludes halogenated alkanes) is 2. The van der Waals surface area contributed by atoms with Gasteiger partial charge in [0, 0.05) is 19.6 Å². The molecule has 0 bridgehead atoms. The Balaban J connectivity index is 1.64. The van der Waals surface area contributed by atoms with Crippen molar-refractivity contribution in [3.63, 3.8) is 0 Å². The summed E-state index contributed by atoms with van der Waals surface area (Å²) in [5.74, 6) is -0.566. The van der Waals surface area contributed by atoms with Gasteiger partial charge in [0.05, 0.1) is 6.42 Å². The van der Waals surface area contributed by atoms with Gasteiger partial charge in [-0.25, -0.2) is 0 Å². The van der Waals surface area contributed by atoms with Crippen molar-refractivity contribution in [3.8, 4) is 11.1 Å². The molecule has 1 heterocycles. The molecule has 1 fully saturated rings. The smallest absolute Gasteiger partial charge is 0.245 e. The molecule has 0 aliphatic carbocycles. The van der Waals surface area contributed by atoms with E-state index in [-0.39, 0.29) is 36.0 Å². The fourth-order valence-electron chi connectivity index (χ4n) is 5.30. The zero-order valence-electron chi connectivity index (χ0n) is 25.0. The van der Waals surface area contributed by atoms with Crippen molar-refractivity contribution in [1.29, 1.82) is 0 Å². The molecule has 0 spiro atoms. The summed E-state index contributed by atoms with van der Waals surface area (Å²) < 4.78 is 0. The zero-order chi connectivity index (χ0) is 31.0. The molecule has 3 amide bonds. The SMILES string of the molecule is NCCCC[C@H](NC(=O)Cc1ccc(-c2ccccc2)cc1)C(=O)N[C@@H](CCCCN)C(=O)N1CC[C@H](CN=C(N)N)C1. The molecule has 0 aromatic heterocycles. The number of amides is 3. The lowest BCUT2D eigenvalue weighted by Crippen LogP contribution is -2.54. The molecule has 2 aromatic carbocycles. The molecule has 11 heteroatoms. The van der Waals surface area contributed by atoms with Crippen molar-refractivity contribution in [2.45, 2.75) is 63.5 Å². The van der Waals surface area contributed by atoms with Gasteiger partial charge in [-0.1, -0.05) is 54.6 Å². The standard InChI is InChI=1S/C32H48N8O3/c33-17-6-4-10-27(38-29(41)20-23-12-14-26(15-13-23)25-8-2-1-3-9-25)30(42)39-28(11-5-7-18-34)31(43)40-19-16-24(22-40)21-37-32(35)36/h1-3,8-9,12-15,24,27-28H,4-7,10-11,16-22,33-34H2,(H,38,41)(H,39,42)(H4,35,36,37)/t24-,27+,28+/m1/s1. The van der Waals surface area contributed by atoms with Gasteiger partial charge < -0.3 is 38.5 Å². The van der Waals surface area contributed by atoms with E-state index in [1.807, 2.05) is 54.6 Å². The molecule has 3 atom stereocenters. The molecule has 11 nitrogen and oxygen atoms in total. The van der Waals surface area contributed by atoms with Crippen molar-refractivity contribution in [1.82, 2.24) is 15.5 Å². The molecule has 0 radical (unpaired) electrons. The Morgan fingerprint density at radius 3 is 2.09 bits per heavy atom. The molecule has 43 heavy (non-hydrogen) atoms. The summed E-state index contributed by atoms with van der Waals surface area (Å²) in [4.78, 5) is 46.0. The number of carbonyl (C=O) groups excluding carboxylic acids is 3. The lowest BCUT2D eigenvalue weighted by atomic mass is 10.0. The summed E-state index contributed by atoms with van der Waals surface area (Å²) in [5, 5.41) is 5.87. The van der Waals surface area contributed by atoms with Crippen LogP contribution in [0.3, 0.4) is 0 Å². The zero-order valence-corrected chi connectivity index (χ0v) is 25.0. The summed E-state index contributed by atoms with van der Waals surface area (Å²) in [6, 6.07) is 16.4. The van der Waals surface area contributed by atoms with Gasteiger partial charge >= 0.3 is 0 Å². The number of hydrogen-bond acceptors (Lipinski definition) is 6. The maximum absolute atomic E-state index is 13.5. The monoisotopic (exact) mass is 592 g/mol. The first-order valence-electron chi connectivity index (χ1n) is 15.3. The highest BCUT2D eigenvalue weighted by Crippen LogP contribution is 2.20. The lowest BCUT2D eigenvalue weighted by Gasteiger charge is -2.27. The summed E-state index contributed by atoms with van der Waals surface area (Å²) in [6.45, 7) is 2.56. The molecule has 0 saturated carbocycles. The van der Waals surface area contributed by atoms with Crippen molar-refractivity contribution in [2.75, 3.05) is 32.7 Å². The van der Waals surface area contributed by atoms with Crippen LogP contribution in [0.4, 0.5) is 0 Å². The van der Waals surface area contributed by atoms with E-state index in [0.717, 1.165) is 36.0 Å². The predicted octanol–water partition coefficient (Wildman–Crippen LogP) is 1.25. The number of nitrogens with two attached hydrogens (primary N) is 4. The normalized spacial score (nSPS) is 15.9. The molecule has 0 unspecified atom stereocenters. The van der Waals surface area contributed by atoms with E-state index in [2.05, 4.69) is 15.6 Å². The van der Waals surface area contributed by atoms with E-state index in [1.165, 1.54) is 0 Å². The molecule has 3 rings (SSSR count). The lowest BCUT2D eigenvalue weighted by molar-refractivity contribution is -0.137. The highest BCUT2D eigenvalue weighted by atomic mass is 16.2. The predicted molar refractivity (Wildman–Crippen MR) is 171 cm³/mol. The second-order valence-corrected chi connectivity index (χ2v) is 11.2. The van der Waals surface area contributed by atoms with Gasteiger partial charge in [-0.3, -0.25) is 19.4 Å². The van der Waals surface area contributed by atoms with Crippen LogP contribution >= 0.6 is 0 Å². The van der Waals surface area contributed by atoms with E-state index in [0.29, 0.717) is 58.4 Å². The quantitative estimate of drug-likeness (QED) is 0.0903. The van der Waals surface area contributed by atoms with Crippen LogP contribution in [0.25, 0.3) is 11.1 Å². The van der Waals surface area contributed by atoms with Gasteiger partial charge in [-0.05, 0) is 80.6 Å². The van der Waals surface area contributed by atoms with Gasteiger partial charge in [0.25, 0.3) is 0 Å². The van der Waals surface area contributed by atoms with Crippen LogP contribution < -0.4 is 33.6 Å². The Morgan fingerprint density at radius 2 is 1.47 bits per heavy atom.